The van der Waals surface area contributed by atoms with Gasteiger partial charge in [-0.2, -0.15) is 0 Å². The van der Waals surface area contributed by atoms with Crippen LogP contribution in [0, 0.1) is 13.8 Å². The van der Waals surface area contributed by atoms with Gasteiger partial charge >= 0.3 is 5.97 Å². The van der Waals surface area contributed by atoms with Crippen LogP contribution in [0.5, 0.6) is 0 Å². The van der Waals surface area contributed by atoms with Crippen molar-refractivity contribution in [1.82, 2.24) is 20.3 Å². The Hall–Kier alpha value is -3.48. The van der Waals surface area contributed by atoms with Crippen molar-refractivity contribution in [3.05, 3.63) is 77.1 Å². The van der Waals surface area contributed by atoms with E-state index < -0.39 is 5.97 Å². The highest BCUT2D eigenvalue weighted by molar-refractivity contribution is 5.93. The summed E-state index contributed by atoms with van der Waals surface area (Å²) < 4.78 is 1.63. The number of nitrogens with one attached hydrogen (secondary N) is 1. The molecule has 3 rings (SSSR count). The molecule has 150 valence electrons. The Labute approximate surface area is 169 Å². The average Bonchev–Trinajstić information content (AvgIpc) is 3.08. The molecule has 2 N–H and O–H groups in total. The van der Waals surface area contributed by atoms with Gasteiger partial charge in [-0.1, -0.05) is 47.7 Å². The number of aliphatic carboxylic acids is 1. The maximum Gasteiger partial charge on any atom is 0.303 e. The van der Waals surface area contributed by atoms with Gasteiger partial charge < -0.3 is 10.4 Å². The van der Waals surface area contributed by atoms with E-state index in [4.69, 9.17) is 5.11 Å². The Bertz CT molecular complexity index is 998. The second-order valence-corrected chi connectivity index (χ2v) is 7.07. The van der Waals surface area contributed by atoms with E-state index in [1.54, 1.807) is 11.6 Å². The predicted octanol–water partition coefficient (Wildman–Crippen LogP) is 3.09. The van der Waals surface area contributed by atoms with Crippen molar-refractivity contribution in [3.63, 3.8) is 0 Å². The Morgan fingerprint density at radius 3 is 2.55 bits per heavy atom. The third-order valence-electron chi connectivity index (χ3n) is 4.72. The van der Waals surface area contributed by atoms with Gasteiger partial charge in [0.1, 0.15) is 0 Å². The van der Waals surface area contributed by atoms with Crippen LogP contribution in [0.1, 0.15) is 40.2 Å². The summed E-state index contributed by atoms with van der Waals surface area (Å²) in [5.41, 5.74) is 3.81. The zero-order valence-corrected chi connectivity index (χ0v) is 16.5. The number of carbonyl (C=O) groups excluding carboxylic acids is 1. The quantitative estimate of drug-likeness (QED) is 0.614. The number of nitrogens with zero attached hydrogens (tertiary/aromatic N) is 3. The fourth-order valence-corrected chi connectivity index (χ4v) is 3.22. The summed E-state index contributed by atoms with van der Waals surface area (Å²) in [4.78, 5) is 23.9. The molecule has 0 fully saturated rings. The van der Waals surface area contributed by atoms with E-state index in [1.165, 1.54) is 0 Å². The Balaban J connectivity index is 1.77. The predicted molar refractivity (Wildman–Crippen MR) is 109 cm³/mol. The number of benzene rings is 2. The molecule has 7 nitrogen and oxygen atoms in total. The lowest BCUT2D eigenvalue weighted by molar-refractivity contribution is -0.137. The van der Waals surface area contributed by atoms with Crippen LogP contribution in [0.2, 0.25) is 0 Å². The van der Waals surface area contributed by atoms with Gasteiger partial charge in [0.2, 0.25) is 0 Å². The summed E-state index contributed by atoms with van der Waals surface area (Å²) in [6.07, 6.45) is 0.860. The summed E-state index contributed by atoms with van der Waals surface area (Å²) in [7, 11) is 0. The first kappa shape index (κ1) is 20.3. The molecule has 0 aliphatic rings. The van der Waals surface area contributed by atoms with Crippen LogP contribution in [-0.2, 0) is 11.2 Å². The Kier molecular flexibility index (Phi) is 6.39. The van der Waals surface area contributed by atoms with Crippen molar-refractivity contribution in [2.24, 2.45) is 0 Å². The van der Waals surface area contributed by atoms with Gasteiger partial charge in [0, 0.05) is 12.5 Å². The molecule has 29 heavy (non-hydrogen) atoms. The van der Waals surface area contributed by atoms with Crippen LogP contribution in [0.3, 0.4) is 0 Å². The molecular weight excluding hydrogens is 368 g/mol. The number of aromatic nitrogens is 3. The Morgan fingerprint density at radius 2 is 1.86 bits per heavy atom. The molecule has 0 saturated heterocycles. The number of aryl methyl sites for hydroxylation is 1. The van der Waals surface area contributed by atoms with Crippen molar-refractivity contribution in [1.29, 1.82) is 0 Å². The first-order chi connectivity index (χ1) is 13.9. The molecule has 2 aromatic carbocycles. The van der Waals surface area contributed by atoms with Gasteiger partial charge in [-0.05, 0) is 49.9 Å². The van der Waals surface area contributed by atoms with Crippen LogP contribution < -0.4 is 5.32 Å². The van der Waals surface area contributed by atoms with Crippen molar-refractivity contribution in [2.45, 2.75) is 39.2 Å². The minimum atomic E-state index is -0.890. The van der Waals surface area contributed by atoms with Gasteiger partial charge in [0.15, 0.2) is 5.69 Å². The molecular formula is C22H24N4O3. The monoisotopic (exact) mass is 392 g/mol. The van der Waals surface area contributed by atoms with Crippen LogP contribution >= 0.6 is 0 Å². The standard InChI is InChI=1S/C22H24N4O3/c1-15-7-6-10-19(13-15)26-16(2)21(24-25-26)22(29)23-18(11-12-20(27)28)14-17-8-4-3-5-9-17/h3-10,13,18H,11-12,14H2,1-2H3,(H,23,29)(H,27,28). The molecule has 0 aliphatic heterocycles. The van der Waals surface area contributed by atoms with E-state index in [9.17, 15) is 9.59 Å². The number of hydrogen-bond donors (Lipinski definition) is 2. The largest absolute Gasteiger partial charge is 0.481 e. The van der Waals surface area contributed by atoms with Gasteiger partial charge in [-0.25, -0.2) is 4.68 Å². The van der Waals surface area contributed by atoms with E-state index in [-0.39, 0.29) is 24.1 Å². The average molecular weight is 392 g/mol. The van der Waals surface area contributed by atoms with Gasteiger partial charge in [0.25, 0.3) is 5.91 Å². The second-order valence-electron chi connectivity index (χ2n) is 7.07. The molecule has 1 heterocycles. The number of carboxylic acids is 1. The first-order valence-corrected chi connectivity index (χ1v) is 9.50. The molecule has 0 bridgehead atoms. The van der Waals surface area contributed by atoms with Crippen molar-refractivity contribution in [3.8, 4) is 5.69 Å². The van der Waals surface area contributed by atoms with E-state index >= 15 is 0 Å². The summed E-state index contributed by atoms with van der Waals surface area (Å²) in [6.45, 7) is 3.78. The van der Waals surface area contributed by atoms with E-state index in [0.717, 1.165) is 16.8 Å². The van der Waals surface area contributed by atoms with Gasteiger partial charge in [-0.15, -0.1) is 5.10 Å². The lowest BCUT2D eigenvalue weighted by atomic mass is 10.0. The molecule has 1 amide bonds. The summed E-state index contributed by atoms with van der Waals surface area (Å²) in [5.74, 6) is -1.24. The molecule has 1 aromatic heterocycles. The zero-order valence-electron chi connectivity index (χ0n) is 16.5. The Morgan fingerprint density at radius 1 is 1.10 bits per heavy atom. The molecule has 0 saturated carbocycles. The summed E-state index contributed by atoms with van der Waals surface area (Å²) >= 11 is 0. The number of amides is 1. The molecule has 1 atom stereocenters. The van der Waals surface area contributed by atoms with Crippen LogP contribution in [-0.4, -0.2) is 38.0 Å². The highest BCUT2D eigenvalue weighted by Gasteiger charge is 2.21. The molecule has 1 unspecified atom stereocenters. The zero-order chi connectivity index (χ0) is 20.8. The van der Waals surface area contributed by atoms with Crippen molar-refractivity contribution >= 4 is 11.9 Å². The normalized spacial score (nSPS) is 11.8. The fourth-order valence-electron chi connectivity index (χ4n) is 3.22. The smallest absolute Gasteiger partial charge is 0.303 e. The highest BCUT2D eigenvalue weighted by atomic mass is 16.4. The van der Waals surface area contributed by atoms with E-state index in [0.29, 0.717) is 18.5 Å². The fraction of sp³-hybridized carbons (Fsp3) is 0.273. The lowest BCUT2D eigenvalue weighted by Crippen LogP contribution is -2.37. The number of carboxylic acid groups (broad SMARTS) is 1. The van der Waals surface area contributed by atoms with Crippen LogP contribution in [0.4, 0.5) is 0 Å². The number of carbonyl (C=O) groups is 2. The van der Waals surface area contributed by atoms with Crippen molar-refractivity contribution in [2.75, 3.05) is 0 Å². The lowest BCUT2D eigenvalue weighted by Gasteiger charge is -2.18. The summed E-state index contributed by atoms with van der Waals surface area (Å²) in [5, 5.41) is 20.2. The topological polar surface area (TPSA) is 97.1 Å². The minimum Gasteiger partial charge on any atom is -0.481 e. The second kappa shape index (κ2) is 9.14. The minimum absolute atomic E-state index is 0.0211. The maximum atomic E-state index is 12.8. The molecule has 0 radical (unpaired) electrons. The van der Waals surface area contributed by atoms with Crippen LogP contribution in [0.25, 0.3) is 5.69 Å². The van der Waals surface area contributed by atoms with E-state index in [1.807, 2.05) is 61.5 Å². The van der Waals surface area contributed by atoms with Crippen molar-refractivity contribution < 1.29 is 14.7 Å². The first-order valence-electron chi connectivity index (χ1n) is 9.50. The molecule has 3 aromatic rings. The molecule has 0 aliphatic carbocycles. The highest BCUT2D eigenvalue weighted by Crippen LogP contribution is 2.15. The molecule has 7 heteroatoms. The summed E-state index contributed by atoms with van der Waals surface area (Å²) in [6, 6.07) is 17.1. The van der Waals surface area contributed by atoms with Gasteiger partial charge in [-0.3, -0.25) is 9.59 Å². The van der Waals surface area contributed by atoms with E-state index in [2.05, 4.69) is 15.6 Å². The third kappa shape index (κ3) is 5.28. The number of rotatable bonds is 8. The SMILES string of the molecule is Cc1cccc(-n2nnc(C(=O)NC(CCC(=O)O)Cc3ccccc3)c2C)c1. The van der Waals surface area contributed by atoms with Crippen LogP contribution in [0.15, 0.2) is 54.6 Å². The van der Waals surface area contributed by atoms with Gasteiger partial charge in [0.05, 0.1) is 11.4 Å². The number of hydrogen-bond acceptors (Lipinski definition) is 4. The molecule has 0 spiro atoms. The third-order valence-corrected chi connectivity index (χ3v) is 4.72. The maximum absolute atomic E-state index is 12.8.